The molecule has 96 valence electrons. The molecular formula is C14H16ClNO2. The third kappa shape index (κ3) is 3.93. The molecule has 0 heterocycles. The molecule has 0 aromatic heterocycles. The molecule has 0 spiro atoms. The van der Waals surface area contributed by atoms with Gasteiger partial charge in [-0.25, -0.2) is 4.79 Å². The van der Waals surface area contributed by atoms with Crippen LogP contribution in [0.1, 0.15) is 25.5 Å². The molecule has 0 aliphatic rings. The molecule has 0 aliphatic carbocycles. The Labute approximate surface area is 112 Å². The van der Waals surface area contributed by atoms with Crippen LogP contribution in [0.4, 0.5) is 4.79 Å². The van der Waals surface area contributed by atoms with Crippen LogP contribution < -0.4 is 5.32 Å². The van der Waals surface area contributed by atoms with Gasteiger partial charge in [-0.15, -0.1) is 0 Å². The van der Waals surface area contributed by atoms with E-state index in [1.54, 1.807) is 19.9 Å². The smallest absolute Gasteiger partial charge is 0.412 e. The summed E-state index contributed by atoms with van der Waals surface area (Å²) in [6.45, 7) is 10.8. The van der Waals surface area contributed by atoms with Gasteiger partial charge in [0.15, 0.2) is 0 Å². The predicted molar refractivity (Wildman–Crippen MR) is 73.4 cm³/mol. The summed E-state index contributed by atoms with van der Waals surface area (Å²) in [5.74, 6) is 0. The van der Waals surface area contributed by atoms with E-state index in [2.05, 4.69) is 18.5 Å². The minimum Gasteiger partial charge on any atom is -0.441 e. The van der Waals surface area contributed by atoms with Crippen molar-refractivity contribution in [1.29, 1.82) is 0 Å². The summed E-state index contributed by atoms with van der Waals surface area (Å²) in [4.78, 5) is 11.6. The van der Waals surface area contributed by atoms with Gasteiger partial charge in [0.05, 0.1) is 0 Å². The Bertz CT molecular complexity index is 482. The Kier molecular flexibility index (Phi) is 4.98. The Morgan fingerprint density at radius 3 is 2.56 bits per heavy atom. The summed E-state index contributed by atoms with van der Waals surface area (Å²) in [6.07, 6.45) is -1.01. The van der Waals surface area contributed by atoms with Crippen LogP contribution in [-0.2, 0) is 4.74 Å². The zero-order valence-electron chi connectivity index (χ0n) is 10.5. The van der Waals surface area contributed by atoms with Gasteiger partial charge in [-0.3, -0.25) is 5.32 Å². The number of halogens is 1. The molecule has 1 rings (SSSR count). The lowest BCUT2D eigenvalue weighted by molar-refractivity contribution is 0.110. The lowest BCUT2D eigenvalue weighted by atomic mass is 10.1. The fourth-order valence-electron chi connectivity index (χ4n) is 1.29. The van der Waals surface area contributed by atoms with Crippen LogP contribution in [-0.4, -0.2) is 6.09 Å². The molecule has 0 fully saturated rings. The lowest BCUT2D eigenvalue weighted by Crippen LogP contribution is -2.24. The lowest BCUT2D eigenvalue weighted by Gasteiger charge is -2.16. The average molecular weight is 266 g/mol. The largest absolute Gasteiger partial charge is 0.441 e. The summed E-state index contributed by atoms with van der Waals surface area (Å²) < 4.78 is 5.20. The maximum atomic E-state index is 11.6. The van der Waals surface area contributed by atoms with Gasteiger partial charge < -0.3 is 4.74 Å². The first-order valence-electron chi connectivity index (χ1n) is 5.48. The third-order valence-corrected chi connectivity index (χ3v) is 2.74. The summed E-state index contributed by atoms with van der Waals surface area (Å²) in [5, 5.41) is 3.07. The number of carbonyl (C=O) groups excluding carboxylic acids is 1. The number of amides is 1. The van der Waals surface area contributed by atoms with E-state index in [9.17, 15) is 4.79 Å². The highest BCUT2D eigenvalue weighted by molar-refractivity contribution is 6.31. The van der Waals surface area contributed by atoms with E-state index in [4.69, 9.17) is 16.3 Å². The molecule has 0 saturated heterocycles. The molecule has 0 unspecified atom stereocenters. The highest BCUT2D eigenvalue weighted by Crippen LogP contribution is 2.24. The molecule has 1 aromatic carbocycles. The predicted octanol–water partition coefficient (Wildman–Crippen LogP) is 4.22. The van der Waals surface area contributed by atoms with Gasteiger partial charge in [-0.1, -0.05) is 43.0 Å². The molecule has 3 nitrogen and oxygen atoms in total. The molecule has 0 aliphatic heterocycles. The maximum Gasteiger partial charge on any atom is 0.412 e. The fraction of sp³-hybridized carbons (Fsp3) is 0.214. The van der Waals surface area contributed by atoms with E-state index in [1.165, 1.54) is 0 Å². The monoisotopic (exact) mass is 265 g/mol. The standard InChI is InChI=1S/C14H16ClNO2/c1-9(2)10(3)16-14(17)18-11(4)12-7-5-6-8-13(12)15/h5-8,11H,1,3H2,2,4H3,(H,16,17)/t11-/m1/s1. The number of nitrogens with one attached hydrogen (secondary N) is 1. The van der Waals surface area contributed by atoms with Crippen LogP contribution in [0.5, 0.6) is 0 Å². The molecule has 4 heteroatoms. The minimum absolute atomic E-state index is 0.434. The van der Waals surface area contributed by atoms with Crippen molar-refractivity contribution in [2.45, 2.75) is 20.0 Å². The number of alkyl carbamates (subject to hydrolysis) is 1. The van der Waals surface area contributed by atoms with Crippen molar-refractivity contribution in [2.24, 2.45) is 0 Å². The van der Waals surface area contributed by atoms with Crippen molar-refractivity contribution in [3.63, 3.8) is 0 Å². The highest BCUT2D eigenvalue weighted by Gasteiger charge is 2.14. The number of carbonyl (C=O) groups is 1. The Morgan fingerprint density at radius 1 is 1.39 bits per heavy atom. The normalized spacial score (nSPS) is 11.5. The molecule has 0 radical (unpaired) electrons. The van der Waals surface area contributed by atoms with Crippen molar-refractivity contribution in [3.8, 4) is 0 Å². The summed E-state index contributed by atoms with van der Waals surface area (Å²) in [6, 6.07) is 7.22. The van der Waals surface area contributed by atoms with Gasteiger partial charge in [0.25, 0.3) is 0 Å². The van der Waals surface area contributed by atoms with Gasteiger partial charge in [-0.05, 0) is 25.5 Å². The summed E-state index contributed by atoms with van der Waals surface area (Å²) in [5.41, 5.74) is 1.87. The molecule has 0 saturated carbocycles. The van der Waals surface area contributed by atoms with Gasteiger partial charge in [0.1, 0.15) is 6.10 Å². The van der Waals surface area contributed by atoms with Crippen LogP contribution in [0.15, 0.2) is 48.7 Å². The third-order valence-electron chi connectivity index (χ3n) is 2.40. The number of allylic oxidation sites excluding steroid dienone is 1. The second kappa shape index (κ2) is 6.26. The quantitative estimate of drug-likeness (QED) is 0.828. The van der Waals surface area contributed by atoms with Gasteiger partial charge >= 0.3 is 6.09 Å². The maximum absolute atomic E-state index is 11.6. The van der Waals surface area contributed by atoms with Crippen LogP contribution in [0.2, 0.25) is 5.02 Å². The Balaban J connectivity index is 2.63. The van der Waals surface area contributed by atoms with E-state index in [0.29, 0.717) is 16.3 Å². The van der Waals surface area contributed by atoms with Crippen molar-refractivity contribution >= 4 is 17.7 Å². The van der Waals surface area contributed by atoms with Crippen molar-refractivity contribution in [1.82, 2.24) is 5.32 Å². The SMILES string of the molecule is C=C(C)C(=C)NC(=O)O[C@H](C)c1ccccc1Cl. The zero-order valence-corrected chi connectivity index (χ0v) is 11.3. The fourth-order valence-corrected chi connectivity index (χ4v) is 1.58. The number of hydrogen-bond donors (Lipinski definition) is 1. The molecule has 1 atom stereocenters. The van der Waals surface area contributed by atoms with Crippen LogP contribution in [0.3, 0.4) is 0 Å². The van der Waals surface area contributed by atoms with Crippen LogP contribution in [0, 0.1) is 0 Å². The number of rotatable bonds is 4. The average Bonchev–Trinajstić information content (AvgIpc) is 2.28. The molecule has 1 N–H and O–H groups in total. The molecule has 0 bridgehead atoms. The topological polar surface area (TPSA) is 38.3 Å². The second-order valence-corrected chi connectivity index (χ2v) is 4.36. The molecule has 1 amide bonds. The van der Waals surface area contributed by atoms with E-state index in [0.717, 1.165) is 5.56 Å². The summed E-state index contributed by atoms with van der Waals surface area (Å²) in [7, 11) is 0. The number of benzene rings is 1. The molecular weight excluding hydrogens is 250 g/mol. The van der Waals surface area contributed by atoms with Crippen LogP contribution in [0.25, 0.3) is 0 Å². The van der Waals surface area contributed by atoms with Gasteiger partial charge in [-0.2, -0.15) is 0 Å². The Morgan fingerprint density at radius 2 is 2.00 bits per heavy atom. The van der Waals surface area contributed by atoms with E-state index < -0.39 is 12.2 Å². The van der Waals surface area contributed by atoms with Crippen molar-refractivity contribution in [2.75, 3.05) is 0 Å². The molecule has 18 heavy (non-hydrogen) atoms. The first-order chi connectivity index (χ1) is 8.41. The minimum atomic E-state index is -0.574. The zero-order chi connectivity index (χ0) is 13.7. The summed E-state index contributed by atoms with van der Waals surface area (Å²) >= 11 is 6.02. The van der Waals surface area contributed by atoms with Gasteiger partial charge in [0, 0.05) is 16.3 Å². The van der Waals surface area contributed by atoms with Crippen molar-refractivity contribution < 1.29 is 9.53 Å². The first kappa shape index (κ1) is 14.3. The number of ether oxygens (including phenoxy) is 1. The van der Waals surface area contributed by atoms with E-state index >= 15 is 0 Å². The highest BCUT2D eigenvalue weighted by atomic mass is 35.5. The Hall–Kier alpha value is -1.74. The number of hydrogen-bond acceptors (Lipinski definition) is 2. The first-order valence-corrected chi connectivity index (χ1v) is 5.86. The van der Waals surface area contributed by atoms with Gasteiger partial charge in [0.2, 0.25) is 0 Å². The van der Waals surface area contributed by atoms with Crippen LogP contribution >= 0.6 is 11.6 Å². The van der Waals surface area contributed by atoms with E-state index in [1.807, 2.05) is 18.2 Å². The second-order valence-electron chi connectivity index (χ2n) is 3.95. The van der Waals surface area contributed by atoms with Crippen molar-refractivity contribution in [3.05, 3.63) is 59.3 Å². The van der Waals surface area contributed by atoms with E-state index in [-0.39, 0.29) is 0 Å². The molecule has 1 aromatic rings.